The lowest BCUT2D eigenvalue weighted by Crippen LogP contribution is -2.42. The van der Waals surface area contributed by atoms with Crippen LogP contribution in [-0.2, 0) is 16.0 Å². The number of hydrogen-bond donors (Lipinski definition) is 2. The minimum absolute atomic E-state index is 0.269. The molecule has 160 valence electrons. The molecule has 1 aromatic heterocycles. The molecule has 3 aromatic rings. The Hall–Kier alpha value is -3.52. The summed E-state index contributed by atoms with van der Waals surface area (Å²) < 4.78 is 8.97. The number of aromatic nitrogens is 2. The molecule has 0 aliphatic carbocycles. The number of carbonyl (C=O) groups is 2. The van der Waals surface area contributed by atoms with E-state index in [0.29, 0.717) is 17.7 Å². The molecule has 0 fully saturated rings. The number of nitrogens with zero attached hydrogens (tertiary/aromatic N) is 2. The van der Waals surface area contributed by atoms with Gasteiger partial charge in [0.2, 0.25) is 0 Å². The van der Waals surface area contributed by atoms with Gasteiger partial charge in [-0.25, -0.2) is 4.98 Å². The lowest BCUT2D eigenvalue weighted by molar-refractivity contribution is -0.146. The van der Waals surface area contributed by atoms with Crippen LogP contribution in [0.4, 0.5) is 0 Å². The van der Waals surface area contributed by atoms with Crippen LogP contribution in [0.1, 0.15) is 28.4 Å². The maximum absolute atomic E-state index is 12.7. The molecule has 3 N–H and O–H groups in total. The van der Waals surface area contributed by atoms with Crippen LogP contribution in [0.3, 0.4) is 0 Å². The number of carbonyl (C=O) groups excluding carboxylic acids is 2. The summed E-state index contributed by atoms with van der Waals surface area (Å²) in [5.74, 6) is -1.22. The second-order valence-electron chi connectivity index (χ2n) is 7.15. The lowest BCUT2D eigenvalue weighted by atomic mass is 9.92. The Morgan fingerprint density at radius 2 is 1.94 bits per heavy atom. The second-order valence-corrected chi connectivity index (χ2v) is 7.93. The average Bonchev–Trinajstić information content (AvgIpc) is 3.32. The van der Waals surface area contributed by atoms with Gasteiger partial charge in [0.1, 0.15) is 11.3 Å². The molecule has 2 atom stereocenters. The van der Waals surface area contributed by atoms with Crippen molar-refractivity contribution in [2.75, 3.05) is 7.11 Å². The Labute approximate surface area is 185 Å². The fraction of sp³-hybridized carbons (Fsp3) is 0.217. The SMILES string of the molecule is C=C(N)c1cccc(CC(C(=O)OC)C(C)NC(=O)c2ccc(-c3ncns3)cc2)c1. The highest BCUT2D eigenvalue weighted by Gasteiger charge is 2.28. The van der Waals surface area contributed by atoms with Crippen LogP contribution in [0.25, 0.3) is 16.3 Å². The maximum Gasteiger partial charge on any atom is 0.311 e. The Bertz CT molecular complexity index is 1060. The van der Waals surface area contributed by atoms with E-state index in [9.17, 15) is 9.59 Å². The smallest absolute Gasteiger partial charge is 0.311 e. The van der Waals surface area contributed by atoms with Gasteiger partial charge in [0.25, 0.3) is 5.91 Å². The summed E-state index contributed by atoms with van der Waals surface area (Å²) in [7, 11) is 1.34. The highest BCUT2D eigenvalue weighted by Crippen LogP contribution is 2.21. The molecule has 31 heavy (non-hydrogen) atoms. The van der Waals surface area contributed by atoms with E-state index in [0.717, 1.165) is 21.7 Å². The quantitative estimate of drug-likeness (QED) is 0.525. The van der Waals surface area contributed by atoms with Gasteiger partial charge in [0, 0.05) is 22.9 Å². The molecular weight excluding hydrogens is 412 g/mol. The number of esters is 1. The summed E-state index contributed by atoms with van der Waals surface area (Å²) in [5.41, 5.74) is 9.32. The Morgan fingerprint density at radius 3 is 2.55 bits per heavy atom. The molecule has 3 rings (SSSR count). The molecule has 0 saturated carbocycles. The Morgan fingerprint density at radius 1 is 1.19 bits per heavy atom. The van der Waals surface area contributed by atoms with Crippen LogP contribution in [0.5, 0.6) is 0 Å². The van der Waals surface area contributed by atoms with Gasteiger partial charge in [-0.2, -0.15) is 4.37 Å². The summed E-state index contributed by atoms with van der Waals surface area (Å²) >= 11 is 1.29. The standard InChI is InChI=1S/C23H24N4O3S/c1-14(24)19-6-4-5-16(11-19)12-20(23(29)30-3)15(2)27-21(28)17-7-9-18(10-8-17)22-25-13-26-31-22/h4-11,13,15,20H,1,12,24H2,2-3H3,(H,27,28). The molecule has 0 spiro atoms. The Kier molecular flexibility index (Phi) is 7.15. The van der Waals surface area contributed by atoms with Crippen LogP contribution < -0.4 is 11.1 Å². The summed E-state index contributed by atoms with van der Waals surface area (Å²) in [6, 6.07) is 14.2. The molecule has 8 heteroatoms. The zero-order valence-corrected chi connectivity index (χ0v) is 18.2. The first kappa shape index (κ1) is 22.2. The highest BCUT2D eigenvalue weighted by atomic mass is 32.1. The number of ether oxygens (including phenoxy) is 1. The van der Waals surface area contributed by atoms with E-state index >= 15 is 0 Å². The van der Waals surface area contributed by atoms with Crippen molar-refractivity contribution in [2.45, 2.75) is 19.4 Å². The lowest BCUT2D eigenvalue weighted by Gasteiger charge is -2.23. The first-order valence-corrected chi connectivity index (χ1v) is 10.5. The van der Waals surface area contributed by atoms with E-state index in [4.69, 9.17) is 10.5 Å². The van der Waals surface area contributed by atoms with Crippen molar-refractivity contribution in [1.29, 1.82) is 0 Å². The van der Waals surface area contributed by atoms with Gasteiger partial charge >= 0.3 is 5.97 Å². The third kappa shape index (κ3) is 5.55. The normalized spacial score (nSPS) is 12.6. The van der Waals surface area contributed by atoms with Gasteiger partial charge in [-0.1, -0.05) is 36.9 Å². The number of hydrogen-bond acceptors (Lipinski definition) is 7. The minimum atomic E-state index is -0.559. The molecule has 1 heterocycles. The fourth-order valence-corrected chi connectivity index (χ4v) is 3.75. The molecule has 0 saturated heterocycles. The number of nitrogens with two attached hydrogens (primary N) is 1. The monoisotopic (exact) mass is 436 g/mol. The van der Waals surface area contributed by atoms with Crippen molar-refractivity contribution >= 4 is 29.1 Å². The molecule has 0 aliphatic rings. The van der Waals surface area contributed by atoms with E-state index in [2.05, 4.69) is 21.3 Å². The Balaban J connectivity index is 1.72. The zero-order valence-electron chi connectivity index (χ0n) is 17.4. The number of nitrogens with one attached hydrogen (secondary N) is 1. The third-order valence-electron chi connectivity index (χ3n) is 4.97. The van der Waals surface area contributed by atoms with Crippen molar-refractivity contribution in [3.63, 3.8) is 0 Å². The summed E-state index contributed by atoms with van der Waals surface area (Å²) in [4.78, 5) is 29.4. The van der Waals surface area contributed by atoms with Gasteiger partial charge < -0.3 is 15.8 Å². The molecule has 2 aromatic carbocycles. The van der Waals surface area contributed by atoms with E-state index in [1.165, 1.54) is 25.0 Å². The van der Waals surface area contributed by atoms with E-state index < -0.39 is 17.9 Å². The van der Waals surface area contributed by atoms with Crippen LogP contribution in [0, 0.1) is 5.92 Å². The van der Waals surface area contributed by atoms with Gasteiger partial charge in [0.15, 0.2) is 0 Å². The minimum Gasteiger partial charge on any atom is -0.469 e. The number of amides is 1. The average molecular weight is 437 g/mol. The molecule has 1 amide bonds. The fourth-order valence-electron chi connectivity index (χ4n) is 3.22. The first-order chi connectivity index (χ1) is 14.9. The van der Waals surface area contributed by atoms with Gasteiger partial charge in [-0.05, 0) is 54.2 Å². The van der Waals surface area contributed by atoms with Crippen molar-refractivity contribution in [3.05, 3.63) is 78.1 Å². The molecule has 0 aliphatic heterocycles. The zero-order chi connectivity index (χ0) is 22.4. The van der Waals surface area contributed by atoms with Gasteiger partial charge in [-0.3, -0.25) is 9.59 Å². The summed E-state index contributed by atoms with van der Waals surface area (Å²) in [6.45, 7) is 5.54. The van der Waals surface area contributed by atoms with Gasteiger partial charge in [-0.15, -0.1) is 0 Å². The number of benzene rings is 2. The molecule has 0 bridgehead atoms. The van der Waals surface area contributed by atoms with Gasteiger partial charge in [0.05, 0.1) is 13.0 Å². The van der Waals surface area contributed by atoms with Crippen molar-refractivity contribution < 1.29 is 14.3 Å². The third-order valence-corrected chi connectivity index (χ3v) is 5.69. The molecule has 2 unspecified atom stereocenters. The predicted octanol–water partition coefficient (Wildman–Crippen LogP) is 3.28. The topological polar surface area (TPSA) is 107 Å². The van der Waals surface area contributed by atoms with Crippen molar-refractivity contribution in [3.8, 4) is 10.6 Å². The summed E-state index contributed by atoms with van der Waals surface area (Å²) in [5, 5.41) is 3.70. The number of rotatable bonds is 8. The maximum atomic E-state index is 12.7. The summed E-state index contributed by atoms with van der Waals surface area (Å²) in [6.07, 6.45) is 1.89. The van der Waals surface area contributed by atoms with E-state index in [-0.39, 0.29) is 5.91 Å². The van der Waals surface area contributed by atoms with Crippen molar-refractivity contribution in [1.82, 2.24) is 14.7 Å². The van der Waals surface area contributed by atoms with Crippen LogP contribution >= 0.6 is 11.5 Å². The van der Waals surface area contributed by atoms with Crippen LogP contribution in [0.2, 0.25) is 0 Å². The van der Waals surface area contributed by atoms with E-state index in [1.54, 1.807) is 19.1 Å². The number of methoxy groups -OCH3 is 1. The predicted molar refractivity (Wildman–Crippen MR) is 121 cm³/mol. The molecular formula is C23H24N4O3S. The highest BCUT2D eigenvalue weighted by molar-refractivity contribution is 7.09. The van der Waals surface area contributed by atoms with Crippen LogP contribution in [0.15, 0.2) is 61.4 Å². The first-order valence-electron chi connectivity index (χ1n) is 9.68. The largest absolute Gasteiger partial charge is 0.469 e. The van der Waals surface area contributed by atoms with Crippen LogP contribution in [-0.4, -0.2) is 34.4 Å². The molecule has 0 radical (unpaired) electrons. The van der Waals surface area contributed by atoms with Crippen molar-refractivity contribution in [2.24, 2.45) is 11.7 Å². The second kappa shape index (κ2) is 9.99. The molecule has 7 nitrogen and oxygen atoms in total. The van der Waals surface area contributed by atoms with E-state index in [1.807, 2.05) is 36.4 Å².